The van der Waals surface area contributed by atoms with E-state index in [2.05, 4.69) is 23.2 Å². The first-order chi connectivity index (χ1) is 8.25. The number of nitrogens with one attached hydrogen (secondary N) is 1. The Labute approximate surface area is 98.9 Å². The van der Waals surface area contributed by atoms with Crippen molar-refractivity contribution in [3.05, 3.63) is 35.5 Å². The average molecular weight is 230 g/mol. The number of aromatic amines is 1. The number of fused-ring (bicyclic) bond motifs is 3. The third kappa shape index (κ3) is 1.65. The van der Waals surface area contributed by atoms with Crippen LogP contribution in [0, 0.1) is 0 Å². The zero-order valence-corrected chi connectivity index (χ0v) is 9.44. The fourth-order valence-corrected chi connectivity index (χ4v) is 2.56. The molecular formula is C13H14N2O2. The number of aromatic nitrogens is 1. The van der Waals surface area contributed by atoms with E-state index in [0.717, 1.165) is 18.4 Å². The summed E-state index contributed by atoms with van der Waals surface area (Å²) in [4.78, 5) is 15.7. The summed E-state index contributed by atoms with van der Waals surface area (Å²) < 4.78 is 0. The zero-order valence-electron chi connectivity index (χ0n) is 9.44. The molecule has 0 bridgehead atoms. The maximum absolute atomic E-state index is 11.0. The summed E-state index contributed by atoms with van der Waals surface area (Å²) in [6.07, 6.45) is 2.71. The molecule has 0 saturated heterocycles. The molecule has 2 heterocycles. The van der Waals surface area contributed by atoms with Crippen LogP contribution < -0.4 is 0 Å². The average Bonchev–Trinajstić information content (AvgIpc) is 2.67. The summed E-state index contributed by atoms with van der Waals surface area (Å²) in [5.41, 5.74) is 3.70. The monoisotopic (exact) mass is 230 g/mol. The molecule has 3 rings (SSSR count). The molecule has 0 aliphatic carbocycles. The third-order valence-corrected chi connectivity index (χ3v) is 3.49. The van der Waals surface area contributed by atoms with Gasteiger partial charge in [-0.1, -0.05) is 12.1 Å². The normalized spacial score (nSPS) is 15.6. The number of carboxylic acid groups (broad SMARTS) is 1. The van der Waals surface area contributed by atoms with E-state index in [1.807, 2.05) is 6.20 Å². The van der Waals surface area contributed by atoms with Gasteiger partial charge in [0.25, 0.3) is 0 Å². The Kier molecular flexibility index (Phi) is 2.28. The van der Waals surface area contributed by atoms with E-state index < -0.39 is 6.09 Å². The predicted molar refractivity (Wildman–Crippen MR) is 65.3 cm³/mol. The highest BCUT2D eigenvalue weighted by Gasteiger charge is 2.19. The molecule has 17 heavy (non-hydrogen) atoms. The van der Waals surface area contributed by atoms with Gasteiger partial charge in [0.2, 0.25) is 0 Å². The summed E-state index contributed by atoms with van der Waals surface area (Å²) in [5.74, 6) is 0. The Bertz CT molecular complexity index is 574. The topological polar surface area (TPSA) is 56.3 Å². The van der Waals surface area contributed by atoms with Gasteiger partial charge in [0.15, 0.2) is 0 Å². The van der Waals surface area contributed by atoms with Gasteiger partial charge in [-0.3, -0.25) is 0 Å². The van der Waals surface area contributed by atoms with Crippen LogP contribution in [0.1, 0.15) is 11.1 Å². The van der Waals surface area contributed by atoms with Crippen molar-refractivity contribution >= 4 is 17.0 Å². The number of carbonyl (C=O) groups is 1. The van der Waals surface area contributed by atoms with Gasteiger partial charge < -0.3 is 15.0 Å². The minimum absolute atomic E-state index is 0.584. The molecule has 1 aliphatic heterocycles. The maximum Gasteiger partial charge on any atom is 0.407 e. The van der Waals surface area contributed by atoms with Gasteiger partial charge in [-0.15, -0.1) is 0 Å². The second-order valence-corrected chi connectivity index (χ2v) is 4.41. The lowest BCUT2D eigenvalue weighted by atomic mass is 10.0. The molecule has 4 heteroatoms. The van der Waals surface area contributed by atoms with Gasteiger partial charge in [-0.2, -0.15) is 0 Å². The molecule has 0 atom stereocenters. The lowest BCUT2D eigenvalue weighted by Gasteiger charge is -2.15. The molecule has 2 aromatic rings. The molecule has 0 radical (unpaired) electrons. The summed E-state index contributed by atoms with van der Waals surface area (Å²) in [6, 6.07) is 6.27. The van der Waals surface area contributed by atoms with Gasteiger partial charge in [0, 0.05) is 24.8 Å². The van der Waals surface area contributed by atoms with Gasteiger partial charge in [0.1, 0.15) is 0 Å². The Balaban J connectivity index is 2.03. The zero-order chi connectivity index (χ0) is 11.8. The first-order valence-electron chi connectivity index (χ1n) is 5.81. The molecule has 1 amide bonds. The van der Waals surface area contributed by atoms with Crippen LogP contribution in [0.4, 0.5) is 4.79 Å². The lowest BCUT2D eigenvalue weighted by molar-refractivity contribution is 0.147. The van der Waals surface area contributed by atoms with Crippen molar-refractivity contribution in [2.75, 3.05) is 13.1 Å². The van der Waals surface area contributed by atoms with E-state index >= 15 is 0 Å². The van der Waals surface area contributed by atoms with Gasteiger partial charge in [-0.05, 0) is 35.4 Å². The molecule has 0 saturated carbocycles. The lowest BCUT2D eigenvalue weighted by Crippen LogP contribution is -2.31. The molecule has 1 aromatic carbocycles. The predicted octanol–water partition coefficient (Wildman–Crippen LogP) is 2.25. The molecule has 2 N–H and O–H groups in total. The van der Waals surface area contributed by atoms with Crippen LogP contribution in [0.25, 0.3) is 10.9 Å². The van der Waals surface area contributed by atoms with Gasteiger partial charge in [0.05, 0.1) is 0 Å². The maximum atomic E-state index is 11.0. The number of rotatable bonds is 0. The number of hydrogen-bond acceptors (Lipinski definition) is 1. The third-order valence-electron chi connectivity index (χ3n) is 3.49. The summed E-state index contributed by atoms with van der Waals surface area (Å²) in [6.45, 7) is 1.18. The summed E-state index contributed by atoms with van der Waals surface area (Å²) in [7, 11) is 0. The van der Waals surface area contributed by atoms with Crippen LogP contribution in [0.2, 0.25) is 0 Å². The Morgan fingerprint density at radius 2 is 2.06 bits per heavy atom. The molecule has 0 fully saturated rings. The molecule has 88 valence electrons. The largest absolute Gasteiger partial charge is 0.465 e. The SMILES string of the molecule is O=C(O)N1CCc2ccc3cc[nH]c3c2CC1. The van der Waals surface area contributed by atoms with Crippen molar-refractivity contribution in [1.29, 1.82) is 0 Å². The van der Waals surface area contributed by atoms with Crippen LogP contribution in [-0.2, 0) is 12.8 Å². The molecular weight excluding hydrogens is 216 g/mol. The fraction of sp³-hybridized carbons (Fsp3) is 0.308. The van der Waals surface area contributed by atoms with Crippen LogP contribution in [0.3, 0.4) is 0 Å². The van der Waals surface area contributed by atoms with Crippen LogP contribution in [0.15, 0.2) is 24.4 Å². The molecule has 4 nitrogen and oxygen atoms in total. The van der Waals surface area contributed by atoms with E-state index in [-0.39, 0.29) is 0 Å². The molecule has 0 unspecified atom stereocenters. The molecule has 1 aromatic heterocycles. The number of benzene rings is 1. The number of amides is 1. The second-order valence-electron chi connectivity index (χ2n) is 4.41. The van der Waals surface area contributed by atoms with E-state index in [9.17, 15) is 4.79 Å². The Morgan fingerprint density at radius 3 is 2.88 bits per heavy atom. The summed E-state index contributed by atoms with van der Waals surface area (Å²) >= 11 is 0. The minimum atomic E-state index is -0.819. The number of H-pyrrole nitrogens is 1. The van der Waals surface area contributed by atoms with E-state index in [1.165, 1.54) is 21.4 Å². The van der Waals surface area contributed by atoms with Crippen LogP contribution >= 0.6 is 0 Å². The van der Waals surface area contributed by atoms with Crippen molar-refractivity contribution in [1.82, 2.24) is 9.88 Å². The number of nitrogens with zero attached hydrogens (tertiary/aromatic N) is 1. The standard InChI is InChI=1S/C13H14N2O2/c16-13(17)15-7-4-9-1-2-10-3-6-14-12(10)11(9)5-8-15/h1-3,6,14H,4-5,7-8H2,(H,16,17). The van der Waals surface area contributed by atoms with Crippen LogP contribution in [0.5, 0.6) is 0 Å². The van der Waals surface area contributed by atoms with Crippen molar-refractivity contribution in [3.8, 4) is 0 Å². The van der Waals surface area contributed by atoms with Gasteiger partial charge >= 0.3 is 6.09 Å². The minimum Gasteiger partial charge on any atom is -0.465 e. The van der Waals surface area contributed by atoms with E-state index in [1.54, 1.807) is 0 Å². The molecule has 0 spiro atoms. The Hall–Kier alpha value is -1.97. The Morgan fingerprint density at radius 1 is 1.24 bits per heavy atom. The van der Waals surface area contributed by atoms with Crippen molar-refractivity contribution < 1.29 is 9.90 Å². The second kappa shape index (κ2) is 3.80. The first kappa shape index (κ1) is 10.2. The highest BCUT2D eigenvalue weighted by atomic mass is 16.4. The van der Waals surface area contributed by atoms with Crippen LogP contribution in [-0.4, -0.2) is 34.2 Å². The van der Waals surface area contributed by atoms with Gasteiger partial charge in [-0.25, -0.2) is 4.79 Å². The quantitative estimate of drug-likeness (QED) is 0.729. The highest BCUT2D eigenvalue weighted by molar-refractivity contribution is 5.84. The smallest absolute Gasteiger partial charge is 0.407 e. The van der Waals surface area contributed by atoms with Crippen molar-refractivity contribution in [3.63, 3.8) is 0 Å². The molecule has 1 aliphatic rings. The summed E-state index contributed by atoms with van der Waals surface area (Å²) in [5, 5.41) is 10.2. The fourth-order valence-electron chi connectivity index (χ4n) is 2.56. The van der Waals surface area contributed by atoms with E-state index in [4.69, 9.17) is 5.11 Å². The van der Waals surface area contributed by atoms with Crippen molar-refractivity contribution in [2.24, 2.45) is 0 Å². The number of hydrogen-bond donors (Lipinski definition) is 2. The first-order valence-corrected chi connectivity index (χ1v) is 5.81. The van der Waals surface area contributed by atoms with Crippen molar-refractivity contribution in [2.45, 2.75) is 12.8 Å². The highest BCUT2D eigenvalue weighted by Crippen LogP contribution is 2.24. The van der Waals surface area contributed by atoms with E-state index in [0.29, 0.717) is 13.1 Å².